The summed E-state index contributed by atoms with van der Waals surface area (Å²) in [6.45, 7) is 0.602. The number of hydrogen-bond donors (Lipinski definition) is 1. The normalized spacial score (nSPS) is 12.6. The van der Waals surface area contributed by atoms with Gasteiger partial charge in [0.2, 0.25) is 5.91 Å². The molecule has 0 fully saturated rings. The Morgan fingerprint density at radius 1 is 1.04 bits per heavy atom. The van der Waals surface area contributed by atoms with E-state index in [9.17, 15) is 9.59 Å². The topological polar surface area (TPSA) is 49.4 Å². The molecule has 1 aliphatic rings. The summed E-state index contributed by atoms with van der Waals surface area (Å²) in [5.41, 5.74) is 2.68. The van der Waals surface area contributed by atoms with Gasteiger partial charge in [0.05, 0.1) is 5.69 Å². The van der Waals surface area contributed by atoms with Crippen molar-refractivity contribution in [3.63, 3.8) is 0 Å². The number of hydrogen-bond acceptors (Lipinski definition) is 3. The van der Waals surface area contributed by atoms with E-state index in [1.165, 1.54) is 5.56 Å². The van der Waals surface area contributed by atoms with Gasteiger partial charge >= 0.3 is 0 Å². The molecule has 28 heavy (non-hydrogen) atoms. The van der Waals surface area contributed by atoms with Gasteiger partial charge in [-0.05, 0) is 35.2 Å². The number of anilines is 1. The van der Waals surface area contributed by atoms with Crippen LogP contribution in [0.3, 0.4) is 0 Å². The standard InChI is InChI=1S/C22H19ClN2O2S/c23-17-9-7-15(8-10-17)14-28-12-11-24-20(26)13-25-19-6-2-4-16-3-1-5-18(21(16)19)22(25)27/h1-10H,11-14H2,(H,24,26). The van der Waals surface area contributed by atoms with Crippen LogP contribution in [0.5, 0.6) is 0 Å². The minimum atomic E-state index is -0.148. The van der Waals surface area contributed by atoms with Gasteiger partial charge in [0.15, 0.2) is 0 Å². The van der Waals surface area contributed by atoms with Crippen molar-refractivity contribution in [2.24, 2.45) is 0 Å². The fourth-order valence-electron chi connectivity index (χ4n) is 3.37. The fourth-order valence-corrected chi connectivity index (χ4v) is 4.31. The highest BCUT2D eigenvalue weighted by atomic mass is 35.5. The summed E-state index contributed by atoms with van der Waals surface area (Å²) in [5, 5.41) is 5.59. The number of nitrogens with one attached hydrogen (secondary N) is 1. The molecular formula is C22H19ClN2O2S. The van der Waals surface area contributed by atoms with Gasteiger partial charge in [0, 0.05) is 34.0 Å². The SMILES string of the molecule is O=C(CN1C(=O)c2cccc3cccc1c23)NCCSCc1ccc(Cl)cc1. The average Bonchev–Trinajstić information content (AvgIpc) is 2.97. The van der Waals surface area contributed by atoms with Crippen molar-refractivity contribution in [3.8, 4) is 0 Å². The number of halogens is 1. The number of rotatable bonds is 7. The van der Waals surface area contributed by atoms with Crippen LogP contribution in [-0.4, -0.2) is 30.7 Å². The molecule has 0 unspecified atom stereocenters. The van der Waals surface area contributed by atoms with Crippen LogP contribution in [0, 0.1) is 0 Å². The molecule has 1 heterocycles. The second-order valence-electron chi connectivity index (χ2n) is 6.60. The highest BCUT2D eigenvalue weighted by molar-refractivity contribution is 7.98. The first kappa shape index (κ1) is 18.8. The molecule has 3 aromatic rings. The van der Waals surface area contributed by atoms with E-state index in [2.05, 4.69) is 5.32 Å². The second kappa shape index (κ2) is 8.25. The van der Waals surface area contributed by atoms with Gasteiger partial charge in [-0.15, -0.1) is 0 Å². The van der Waals surface area contributed by atoms with Gasteiger partial charge in [-0.25, -0.2) is 0 Å². The summed E-state index contributed by atoms with van der Waals surface area (Å²) in [7, 11) is 0. The van der Waals surface area contributed by atoms with Gasteiger partial charge in [-0.2, -0.15) is 11.8 Å². The van der Waals surface area contributed by atoms with Crippen molar-refractivity contribution in [3.05, 3.63) is 76.8 Å². The van der Waals surface area contributed by atoms with Crippen LogP contribution in [0.4, 0.5) is 5.69 Å². The minimum Gasteiger partial charge on any atom is -0.354 e. The molecule has 0 radical (unpaired) electrons. The molecular weight excluding hydrogens is 392 g/mol. The maximum absolute atomic E-state index is 12.7. The van der Waals surface area contributed by atoms with Crippen LogP contribution in [0.1, 0.15) is 15.9 Å². The fraction of sp³-hybridized carbons (Fsp3) is 0.182. The van der Waals surface area contributed by atoms with E-state index in [0.717, 1.165) is 33.0 Å². The van der Waals surface area contributed by atoms with Crippen molar-refractivity contribution < 1.29 is 9.59 Å². The van der Waals surface area contributed by atoms with Gasteiger partial charge in [0.1, 0.15) is 6.54 Å². The third-order valence-corrected chi connectivity index (χ3v) is 5.98. The molecule has 0 saturated carbocycles. The van der Waals surface area contributed by atoms with Crippen molar-refractivity contribution in [1.29, 1.82) is 0 Å². The number of carbonyl (C=O) groups is 2. The predicted molar refractivity (Wildman–Crippen MR) is 116 cm³/mol. The Hall–Kier alpha value is -2.50. The van der Waals surface area contributed by atoms with Gasteiger partial charge < -0.3 is 5.32 Å². The zero-order chi connectivity index (χ0) is 19.5. The lowest BCUT2D eigenvalue weighted by Gasteiger charge is -2.17. The highest BCUT2D eigenvalue weighted by Crippen LogP contribution is 2.36. The largest absolute Gasteiger partial charge is 0.354 e. The summed E-state index contributed by atoms with van der Waals surface area (Å²) in [6, 6.07) is 19.2. The van der Waals surface area contributed by atoms with Crippen LogP contribution in [0.15, 0.2) is 60.7 Å². The molecule has 3 aromatic carbocycles. The lowest BCUT2D eigenvalue weighted by Crippen LogP contribution is -2.39. The lowest BCUT2D eigenvalue weighted by molar-refractivity contribution is -0.119. The Morgan fingerprint density at radius 3 is 2.57 bits per heavy atom. The third kappa shape index (κ3) is 3.86. The summed E-state index contributed by atoms with van der Waals surface area (Å²) < 4.78 is 0. The zero-order valence-electron chi connectivity index (χ0n) is 15.2. The smallest absolute Gasteiger partial charge is 0.259 e. The van der Waals surface area contributed by atoms with E-state index in [0.29, 0.717) is 12.1 Å². The quantitative estimate of drug-likeness (QED) is 0.583. The summed E-state index contributed by atoms with van der Waals surface area (Å²) in [5.74, 6) is 1.41. The molecule has 0 spiro atoms. The Morgan fingerprint density at radius 2 is 1.79 bits per heavy atom. The summed E-state index contributed by atoms with van der Waals surface area (Å²) in [4.78, 5) is 26.6. The van der Waals surface area contributed by atoms with E-state index in [1.807, 2.05) is 60.7 Å². The highest BCUT2D eigenvalue weighted by Gasteiger charge is 2.30. The maximum Gasteiger partial charge on any atom is 0.259 e. The van der Waals surface area contributed by atoms with E-state index >= 15 is 0 Å². The number of amides is 2. The molecule has 0 bridgehead atoms. The molecule has 2 amide bonds. The second-order valence-corrected chi connectivity index (χ2v) is 8.14. The van der Waals surface area contributed by atoms with Crippen molar-refractivity contribution in [1.82, 2.24) is 5.32 Å². The minimum absolute atomic E-state index is 0.0362. The van der Waals surface area contributed by atoms with Gasteiger partial charge in [-0.3, -0.25) is 14.5 Å². The van der Waals surface area contributed by atoms with Crippen LogP contribution < -0.4 is 10.2 Å². The molecule has 1 N–H and O–H groups in total. The maximum atomic E-state index is 12.7. The molecule has 1 aliphatic heterocycles. The lowest BCUT2D eigenvalue weighted by atomic mass is 10.1. The molecule has 0 saturated heterocycles. The Kier molecular flexibility index (Phi) is 5.55. The summed E-state index contributed by atoms with van der Waals surface area (Å²) in [6.07, 6.45) is 0. The average molecular weight is 411 g/mol. The van der Waals surface area contributed by atoms with E-state index in [-0.39, 0.29) is 18.4 Å². The van der Waals surface area contributed by atoms with Gasteiger partial charge in [0.25, 0.3) is 5.91 Å². The van der Waals surface area contributed by atoms with E-state index < -0.39 is 0 Å². The van der Waals surface area contributed by atoms with Crippen LogP contribution in [-0.2, 0) is 10.5 Å². The van der Waals surface area contributed by atoms with Crippen molar-refractivity contribution >= 4 is 51.6 Å². The molecule has 4 rings (SSSR count). The third-order valence-electron chi connectivity index (χ3n) is 4.70. The van der Waals surface area contributed by atoms with Crippen molar-refractivity contribution in [2.45, 2.75) is 5.75 Å². The first-order chi connectivity index (χ1) is 13.6. The Labute approximate surface area is 172 Å². The van der Waals surface area contributed by atoms with Crippen molar-refractivity contribution in [2.75, 3.05) is 23.7 Å². The first-order valence-electron chi connectivity index (χ1n) is 9.06. The number of benzene rings is 3. The number of thioether (sulfide) groups is 1. The molecule has 0 aromatic heterocycles. The first-order valence-corrected chi connectivity index (χ1v) is 10.6. The predicted octanol–water partition coefficient (Wildman–Crippen LogP) is 4.50. The van der Waals surface area contributed by atoms with Gasteiger partial charge in [-0.1, -0.05) is 48.0 Å². The molecule has 0 atom stereocenters. The molecule has 6 heteroatoms. The van der Waals surface area contributed by atoms with E-state index in [1.54, 1.807) is 16.7 Å². The molecule has 4 nitrogen and oxygen atoms in total. The summed E-state index contributed by atoms with van der Waals surface area (Å²) >= 11 is 7.63. The Bertz CT molecular complexity index is 1030. The number of carbonyl (C=O) groups excluding carboxylic acids is 2. The van der Waals surface area contributed by atoms with E-state index in [4.69, 9.17) is 11.6 Å². The monoisotopic (exact) mass is 410 g/mol. The van der Waals surface area contributed by atoms with Crippen LogP contribution >= 0.6 is 23.4 Å². The number of nitrogens with zero attached hydrogens (tertiary/aromatic N) is 1. The Balaban J connectivity index is 1.28. The molecule has 142 valence electrons. The zero-order valence-corrected chi connectivity index (χ0v) is 16.7. The van der Waals surface area contributed by atoms with Crippen LogP contribution in [0.2, 0.25) is 5.02 Å². The van der Waals surface area contributed by atoms with Crippen LogP contribution in [0.25, 0.3) is 10.8 Å². The molecule has 0 aliphatic carbocycles.